The van der Waals surface area contributed by atoms with Gasteiger partial charge >= 0.3 is 5.97 Å². The molecule has 0 aliphatic heterocycles. The molecular weight excluding hydrogens is 238 g/mol. The van der Waals surface area contributed by atoms with E-state index in [0.29, 0.717) is 18.7 Å². The number of nitrogens with zero attached hydrogens (tertiary/aromatic N) is 3. The Labute approximate surface area is 103 Å². The molecule has 0 radical (unpaired) electrons. The Kier molecular flexibility index (Phi) is 3.53. The summed E-state index contributed by atoms with van der Waals surface area (Å²) in [5.41, 5.74) is 0.757. The highest BCUT2D eigenvalue weighted by atomic mass is 32.1. The molecule has 0 spiro atoms. The Hall–Kier alpha value is -1.69. The molecule has 2 aromatic rings. The van der Waals surface area contributed by atoms with Gasteiger partial charge in [-0.05, 0) is 17.9 Å². The summed E-state index contributed by atoms with van der Waals surface area (Å²) in [6.07, 6.45) is 1.48. The second kappa shape index (κ2) is 5.09. The van der Waals surface area contributed by atoms with Crippen LogP contribution in [0, 0.1) is 0 Å². The van der Waals surface area contributed by atoms with Gasteiger partial charge in [0.25, 0.3) is 0 Å². The molecule has 6 heteroatoms. The highest BCUT2D eigenvalue weighted by molar-refractivity contribution is 7.09. The quantitative estimate of drug-likeness (QED) is 0.880. The lowest BCUT2D eigenvalue weighted by molar-refractivity contribution is 0.0689. The molecule has 0 aromatic carbocycles. The molecule has 0 saturated carbocycles. The van der Waals surface area contributed by atoms with Crippen LogP contribution in [-0.4, -0.2) is 26.1 Å². The van der Waals surface area contributed by atoms with Crippen molar-refractivity contribution >= 4 is 17.3 Å². The Bertz CT molecular complexity index is 505. The number of thiophene rings is 1. The van der Waals surface area contributed by atoms with Gasteiger partial charge in [-0.25, -0.2) is 9.48 Å². The number of rotatable bonds is 5. The van der Waals surface area contributed by atoms with Gasteiger partial charge in [0.15, 0.2) is 5.69 Å². The van der Waals surface area contributed by atoms with Crippen LogP contribution in [-0.2, 0) is 19.4 Å². The zero-order chi connectivity index (χ0) is 12.3. The van der Waals surface area contributed by atoms with Gasteiger partial charge in [0.05, 0.1) is 5.69 Å². The van der Waals surface area contributed by atoms with Crippen LogP contribution in [0.2, 0.25) is 0 Å². The van der Waals surface area contributed by atoms with Gasteiger partial charge in [-0.1, -0.05) is 18.2 Å². The van der Waals surface area contributed by atoms with E-state index < -0.39 is 5.97 Å². The third-order valence-electron chi connectivity index (χ3n) is 2.53. The number of aromatic nitrogens is 3. The van der Waals surface area contributed by atoms with Gasteiger partial charge in [0.2, 0.25) is 0 Å². The highest BCUT2D eigenvalue weighted by Crippen LogP contribution is 2.12. The third kappa shape index (κ3) is 2.52. The van der Waals surface area contributed by atoms with Crippen LogP contribution in [0.5, 0.6) is 0 Å². The Morgan fingerprint density at radius 2 is 2.41 bits per heavy atom. The number of carbonyl (C=O) groups is 1. The molecule has 2 rings (SSSR count). The summed E-state index contributed by atoms with van der Waals surface area (Å²) in [5.74, 6) is -1.01. The lowest BCUT2D eigenvalue weighted by atomic mass is 10.2. The van der Waals surface area contributed by atoms with E-state index in [1.807, 2.05) is 18.4 Å². The SMILES string of the molecule is CCc1c(C(=O)O)nnn1CCc1cccs1. The maximum atomic E-state index is 10.9. The normalized spacial score (nSPS) is 10.6. The Morgan fingerprint density at radius 1 is 1.59 bits per heavy atom. The van der Waals surface area contributed by atoms with E-state index in [1.54, 1.807) is 16.0 Å². The van der Waals surface area contributed by atoms with E-state index in [-0.39, 0.29) is 5.69 Å². The number of carboxylic acids is 1. The summed E-state index contributed by atoms with van der Waals surface area (Å²) in [5, 5.41) is 18.6. The molecule has 0 atom stereocenters. The van der Waals surface area contributed by atoms with E-state index in [0.717, 1.165) is 6.42 Å². The molecule has 0 bridgehead atoms. The molecule has 0 aliphatic carbocycles. The van der Waals surface area contributed by atoms with Crippen LogP contribution in [0.25, 0.3) is 0 Å². The van der Waals surface area contributed by atoms with Crippen molar-refractivity contribution in [3.8, 4) is 0 Å². The van der Waals surface area contributed by atoms with Gasteiger partial charge in [-0.15, -0.1) is 16.4 Å². The predicted molar refractivity (Wildman–Crippen MR) is 64.4 cm³/mol. The van der Waals surface area contributed by atoms with Crippen molar-refractivity contribution in [2.75, 3.05) is 0 Å². The lowest BCUT2D eigenvalue weighted by Crippen LogP contribution is -2.09. The summed E-state index contributed by atoms with van der Waals surface area (Å²) in [4.78, 5) is 12.2. The lowest BCUT2D eigenvalue weighted by Gasteiger charge is -2.03. The van der Waals surface area contributed by atoms with Crippen LogP contribution in [0.3, 0.4) is 0 Å². The molecule has 0 saturated heterocycles. The number of hydrogen-bond acceptors (Lipinski definition) is 4. The van der Waals surface area contributed by atoms with Crippen molar-refractivity contribution in [3.05, 3.63) is 33.8 Å². The molecule has 2 aromatic heterocycles. The van der Waals surface area contributed by atoms with Crippen LogP contribution >= 0.6 is 11.3 Å². The highest BCUT2D eigenvalue weighted by Gasteiger charge is 2.16. The van der Waals surface area contributed by atoms with Crippen LogP contribution in [0.4, 0.5) is 0 Å². The van der Waals surface area contributed by atoms with E-state index >= 15 is 0 Å². The largest absolute Gasteiger partial charge is 0.476 e. The molecule has 17 heavy (non-hydrogen) atoms. The summed E-state index contributed by atoms with van der Waals surface area (Å²) in [6.45, 7) is 2.58. The van der Waals surface area contributed by atoms with Crippen molar-refractivity contribution in [2.45, 2.75) is 26.3 Å². The van der Waals surface area contributed by atoms with E-state index in [1.165, 1.54) is 4.88 Å². The average molecular weight is 251 g/mol. The molecule has 0 amide bonds. The molecular formula is C11H13N3O2S. The minimum absolute atomic E-state index is 0.0682. The first-order chi connectivity index (χ1) is 8.22. The summed E-state index contributed by atoms with van der Waals surface area (Å²) in [6, 6.07) is 4.07. The smallest absolute Gasteiger partial charge is 0.358 e. The van der Waals surface area contributed by atoms with Gasteiger partial charge in [0, 0.05) is 17.8 Å². The maximum absolute atomic E-state index is 10.9. The molecule has 1 N–H and O–H groups in total. The van der Waals surface area contributed by atoms with Gasteiger partial charge in [-0.3, -0.25) is 0 Å². The summed E-state index contributed by atoms with van der Waals surface area (Å²) >= 11 is 1.69. The van der Waals surface area contributed by atoms with Gasteiger partial charge < -0.3 is 5.11 Å². The van der Waals surface area contributed by atoms with Gasteiger partial charge in [0.1, 0.15) is 0 Å². The monoisotopic (exact) mass is 251 g/mol. The van der Waals surface area contributed by atoms with E-state index in [9.17, 15) is 4.79 Å². The third-order valence-corrected chi connectivity index (χ3v) is 3.46. The molecule has 2 heterocycles. The second-order valence-corrected chi connectivity index (χ2v) is 4.63. The van der Waals surface area contributed by atoms with Crippen LogP contribution < -0.4 is 0 Å². The molecule has 0 aliphatic rings. The first kappa shape index (κ1) is 11.8. The zero-order valence-corrected chi connectivity index (χ0v) is 10.3. The number of aryl methyl sites for hydroxylation is 2. The number of carboxylic acid groups (broad SMARTS) is 1. The van der Waals surface area contributed by atoms with Crippen LogP contribution in [0.15, 0.2) is 17.5 Å². The Balaban J connectivity index is 2.13. The Morgan fingerprint density at radius 3 is 3.00 bits per heavy atom. The fourth-order valence-electron chi connectivity index (χ4n) is 1.70. The first-order valence-corrected chi connectivity index (χ1v) is 6.28. The summed E-state index contributed by atoms with van der Waals surface area (Å²) < 4.78 is 1.68. The van der Waals surface area contributed by atoms with E-state index in [4.69, 9.17) is 5.11 Å². The molecule has 0 unspecified atom stereocenters. The maximum Gasteiger partial charge on any atom is 0.358 e. The minimum atomic E-state index is -1.01. The van der Waals surface area contributed by atoms with Crippen molar-refractivity contribution in [3.63, 3.8) is 0 Å². The number of aromatic carboxylic acids is 1. The minimum Gasteiger partial charge on any atom is -0.476 e. The molecule has 5 nitrogen and oxygen atoms in total. The fraction of sp³-hybridized carbons (Fsp3) is 0.364. The second-order valence-electron chi connectivity index (χ2n) is 3.60. The van der Waals surface area contributed by atoms with E-state index in [2.05, 4.69) is 16.4 Å². The van der Waals surface area contributed by atoms with Crippen LogP contribution in [0.1, 0.15) is 28.0 Å². The zero-order valence-electron chi connectivity index (χ0n) is 9.46. The fourth-order valence-corrected chi connectivity index (χ4v) is 2.40. The van der Waals surface area contributed by atoms with Gasteiger partial charge in [-0.2, -0.15) is 0 Å². The van der Waals surface area contributed by atoms with Crippen molar-refractivity contribution < 1.29 is 9.90 Å². The van der Waals surface area contributed by atoms with Crippen molar-refractivity contribution in [1.82, 2.24) is 15.0 Å². The molecule has 90 valence electrons. The molecule has 0 fully saturated rings. The van der Waals surface area contributed by atoms with Crippen molar-refractivity contribution in [2.24, 2.45) is 0 Å². The topological polar surface area (TPSA) is 68.0 Å². The number of hydrogen-bond donors (Lipinski definition) is 1. The van der Waals surface area contributed by atoms with Crippen molar-refractivity contribution in [1.29, 1.82) is 0 Å². The standard InChI is InChI=1S/C11H13N3O2S/c1-2-9-10(11(15)16)12-13-14(9)6-5-8-4-3-7-17-8/h3-4,7H,2,5-6H2,1H3,(H,15,16). The summed E-state index contributed by atoms with van der Waals surface area (Å²) in [7, 11) is 0. The first-order valence-electron chi connectivity index (χ1n) is 5.40. The average Bonchev–Trinajstić information content (AvgIpc) is 2.95. The predicted octanol–water partition coefficient (Wildman–Crippen LogP) is 1.84.